The summed E-state index contributed by atoms with van der Waals surface area (Å²) in [6.07, 6.45) is 0. The number of amides is 1. The van der Waals surface area contributed by atoms with Crippen LogP contribution < -0.4 is 4.90 Å². The number of benzene rings is 3. The van der Waals surface area contributed by atoms with Gasteiger partial charge in [0.15, 0.2) is 5.13 Å². The van der Waals surface area contributed by atoms with Gasteiger partial charge in [0, 0.05) is 10.0 Å². The Morgan fingerprint density at radius 3 is 2.32 bits per heavy atom. The first-order valence-corrected chi connectivity index (χ1v) is 12.1. The number of anilines is 1. The number of fused-ring (bicyclic) bond motifs is 1. The number of aliphatic hydroxyl groups excluding tert-OH is 1. The SMILES string of the molecule is Cc1cc2nc(N3C(=O)C(=O)/C(=C(/O)c4ccc(Br)cc4)C3c3ccc(O)cc3)sc2cc1C. The molecule has 5 rings (SSSR count). The molecule has 1 fully saturated rings. The van der Waals surface area contributed by atoms with E-state index in [1.54, 1.807) is 36.4 Å². The zero-order valence-electron chi connectivity index (χ0n) is 18.2. The Morgan fingerprint density at radius 1 is 1.00 bits per heavy atom. The largest absolute Gasteiger partial charge is 0.508 e. The summed E-state index contributed by atoms with van der Waals surface area (Å²) in [6, 6.07) is 16.2. The van der Waals surface area contributed by atoms with Crippen LogP contribution in [0.4, 0.5) is 5.13 Å². The molecule has 1 saturated heterocycles. The Bertz CT molecular complexity index is 1450. The molecule has 1 unspecified atom stereocenters. The van der Waals surface area contributed by atoms with E-state index < -0.39 is 17.7 Å². The van der Waals surface area contributed by atoms with Gasteiger partial charge in [0.1, 0.15) is 11.5 Å². The highest BCUT2D eigenvalue weighted by Crippen LogP contribution is 2.44. The zero-order chi connectivity index (χ0) is 24.1. The average molecular weight is 535 g/mol. The number of aromatic nitrogens is 1. The highest BCUT2D eigenvalue weighted by molar-refractivity contribution is 9.10. The molecule has 34 heavy (non-hydrogen) atoms. The van der Waals surface area contributed by atoms with Gasteiger partial charge in [-0.15, -0.1) is 0 Å². The number of hydrogen-bond acceptors (Lipinski definition) is 6. The third-order valence-corrected chi connectivity index (χ3v) is 7.52. The fourth-order valence-electron chi connectivity index (χ4n) is 4.04. The zero-order valence-corrected chi connectivity index (χ0v) is 20.6. The van der Waals surface area contributed by atoms with Crippen molar-refractivity contribution in [1.82, 2.24) is 4.98 Å². The van der Waals surface area contributed by atoms with Crippen molar-refractivity contribution in [3.63, 3.8) is 0 Å². The second-order valence-electron chi connectivity index (χ2n) is 8.17. The highest BCUT2D eigenvalue weighted by Gasteiger charge is 2.48. The summed E-state index contributed by atoms with van der Waals surface area (Å²) in [5.74, 6) is -1.76. The van der Waals surface area contributed by atoms with Gasteiger partial charge >= 0.3 is 5.91 Å². The first kappa shape index (κ1) is 22.3. The second kappa shape index (κ2) is 8.38. The first-order valence-electron chi connectivity index (χ1n) is 10.5. The van der Waals surface area contributed by atoms with Crippen LogP contribution in [0.5, 0.6) is 5.75 Å². The van der Waals surface area contributed by atoms with Crippen LogP contribution in [-0.4, -0.2) is 26.9 Å². The molecule has 1 amide bonds. The van der Waals surface area contributed by atoms with Crippen molar-refractivity contribution in [2.24, 2.45) is 0 Å². The molecule has 170 valence electrons. The van der Waals surface area contributed by atoms with Gasteiger partial charge in [0.05, 0.1) is 21.8 Å². The minimum Gasteiger partial charge on any atom is -0.508 e. The Labute approximate surface area is 207 Å². The summed E-state index contributed by atoms with van der Waals surface area (Å²) >= 11 is 4.68. The summed E-state index contributed by atoms with van der Waals surface area (Å²) in [4.78, 5) is 32.6. The molecule has 0 saturated carbocycles. The quantitative estimate of drug-likeness (QED) is 0.191. The smallest absolute Gasteiger partial charge is 0.301 e. The lowest BCUT2D eigenvalue weighted by Crippen LogP contribution is -2.29. The lowest BCUT2D eigenvalue weighted by atomic mass is 9.95. The molecule has 0 bridgehead atoms. The second-order valence-corrected chi connectivity index (χ2v) is 10.1. The molecular formula is C26H19BrN2O4S. The number of carbonyl (C=O) groups is 2. The number of aromatic hydroxyl groups is 1. The van der Waals surface area contributed by atoms with E-state index in [0.29, 0.717) is 16.3 Å². The number of aryl methyl sites for hydroxylation is 2. The predicted octanol–water partition coefficient (Wildman–Crippen LogP) is 6.01. The lowest BCUT2D eigenvalue weighted by molar-refractivity contribution is -0.132. The minimum absolute atomic E-state index is 0.0235. The molecule has 0 aliphatic carbocycles. The van der Waals surface area contributed by atoms with E-state index in [2.05, 4.69) is 20.9 Å². The normalized spacial score (nSPS) is 17.6. The highest BCUT2D eigenvalue weighted by atomic mass is 79.9. The average Bonchev–Trinajstić information content (AvgIpc) is 3.32. The summed E-state index contributed by atoms with van der Waals surface area (Å²) in [7, 11) is 0. The van der Waals surface area contributed by atoms with Crippen LogP contribution in [0.1, 0.15) is 28.3 Å². The summed E-state index contributed by atoms with van der Waals surface area (Å²) in [5.41, 5.74) is 3.89. The van der Waals surface area contributed by atoms with Gasteiger partial charge in [-0.05, 0) is 66.9 Å². The third-order valence-electron chi connectivity index (χ3n) is 5.97. The van der Waals surface area contributed by atoms with Gasteiger partial charge in [0.2, 0.25) is 0 Å². The van der Waals surface area contributed by atoms with Crippen molar-refractivity contribution in [2.75, 3.05) is 4.90 Å². The van der Waals surface area contributed by atoms with Gasteiger partial charge < -0.3 is 10.2 Å². The van der Waals surface area contributed by atoms with Gasteiger partial charge in [-0.2, -0.15) is 0 Å². The van der Waals surface area contributed by atoms with Crippen LogP contribution in [0.3, 0.4) is 0 Å². The van der Waals surface area contributed by atoms with Crippen molar-refractivity contribution in [2.45, 2.75) is 19.9 Å². The van der Waals surface area contributed by atoms with Crippen LogP contribution in [0.2, 0.25) is 0 Å². The summed E-state index contributed by atoms with van der Waals surface area (Å²) in [5, 5.41) is 21.3. The molecule has 2 heterocycles. The Morgan fingerprint density at radius 2 is 1.65 bits per heavy atom. The number of phenolic OH excluding ortho intramolecular Hbond substituents is 1. The number of phenols is 1. The van der Waals surface area contributed by atoms with E-state index in [-0.39, 0.29) is 17.1 Å². The molecule has 1 atom stereocenters. The molecule has 1 aliphatic heterocycles. The van der Waals surface area contributed by atoms with Crippen LogP contribution in [0.15, 0.2) is 70.7 Å². The number of thiazole rings is 1. The fraction of sp³-hybridized carbons (Fsp3) is 0.115. The van der Waals surface area contributed by atoms with E-state index in [0.717, 1.165) is 25.8 Å². The molecule has 0 radical (unpaired) electrons. The van der Waals surface area contributed by atoms with Crippen molar-refractivity contribution < 1.29 is 19.8 Å². The first-order chi connectivity index (χ1) is 16.2. The van der Waals surface area contributed by atoms with Crippen molar-refractivity contribution in [1.29, 1.82) is 0 Å². The molecule has 1 aliphatic rings. The molecule has 3 aromatic carbocycles. The van der Waals surface area contributed by atoms with E-state index in [1.165, 1.54) is 28.4 Å². The van der Waals surface area contributed by atoms with Crippen LogP contribution in [0.25, 0.3) is 16.0 Å². The Kier molecular flexibility index (Phi) is 5.50. The molecule has 0 spiro atoms. The van der Waals surface area contributed by atoms with Crippen molar-refractivity contribution in [3.8, 4) is 5.75 Å². The van der Waals surface area contributed by atoms with Crippen LogP contribution in [0, 0.1) is 13.8 Å². The van der Waals surface area contributed by atoms with Gasteiger partial charge in [-0.25, -0.2) is 4.98 Å². The number of nitrogens with zero attached hydrogens (tertiary/aromatic N) is 2. The van der Waals surface area contributed by atoms with Crippen molar-refractivity contribution in [3.05, 3.63) is 93.0 Å². The molecule has 1 aromatic heterocycles. The van der Waals surface area contributed by atoms with Crippen LogP contribution >= 0.6 is 27.3 Å². The maximum atomic E-state index is 13.3. The minimum atomic E-state index is -0.896. The number of carbonyl (C=O) groups excluding carboxylic acids is 2. The molecule has 4 aromatic rings. The topological polar surface area (TPSA) is 90.7 Å². The standard InChI is InChI=1S/C26H19BrN2O4S/c1-13-11-19-20(12-14(13)2)34-26(28-19)29-22(15-5-9-18(30)10-6-15)21(24(32)25(29)33)23(31)16-3-7-17(27)8-4-16/h3-12,22,30-31H,1-2H3/b23-21+. The number of hydrogen-bond donors (Lipinski definition) is 2. The summed E-state index contributed by atoms with van der Waals surface area (Å²) in [6.45, 7) is 4.00. The number of Topliss-reactive ketones (excluding diaryl/α,β-unsaturated/α-hetero) is 1. The lowest BCUT2D eigenvalue weighted by Gasteiger charge is -2.23. The fourth-order valence-corrected chi connectivity index (χ4v) is 5.37. The Balaban J connectivity index is 1.73. The van der Waals surface area contributed by atoms with Crippen molar-refractivity contribution >= 4 is 60.1 Å². The predicted molar refractivity (Wildman–Crippen MR) is 136 cm³/mol. The molecule has 6 nitrogen and oxygen atoms in total. The number of rotatable bonds is 3. The van der Waals surface area contributed by atoms with Gasteiger partial charge in [0.25, 0.3) is 5.78 Å². The van der Waals surface area contributed by atoms with Gasteiger partial charge in [-0.1, -0.05) is 51.5 Å². The summed E-state index contributed by atoms with van der Waals surface area (Å²) < 4.78 is 1.72. The monoisotopic (exact) mass is 534 g/mol. The van der Waals surface area contributed by atoms with E-state index in [1.807, 2.05) is 26.0 Å². The van der Waals surface area contributed by atoms with E-state index in [4.69, 9.17) is 0 Å². The third kappa shape index (κ3) is 3.69. The van der Waals surface area contributed by atoms with Gasteiger partial charge in [-0.3, -0.25) is 14.5 Å². The number of aliphatic hydroxyl groups is 1. The van der Waals surface area contributed by atoms with E-state index in [9.17, 15) is 19.8 Å². The number of halogens is 1. The van der Waals surface area contributed by atoms with E-state index >= 15 is 0 Å². The van der Waals surface area contributed by atoms with Crippen LogP contribution in [-0.2, 0) is 9.59 Å². The molecule has 8 heteroatoms. The Hall–Kier alpha value is -3.49. The molecule has 2 N–H and O–H groups in total. The maximum absolute atomic E-state index is 13.3. The maximum Gasteiger partial charge on any atom is 0.301 e. The number of ketones is 1. The molecular weight excluding hydrogens is 516 g/mol.